The molecular formula is C24H22F2N4O3. The van der Waals surface area contributed by atoms with Gasteiger partial charge in [0.1, 0.15) is 18.1 Å². The van der Waals surface area contributed by atoms with Gasteiger partial charge >= 0.3 is 0 Å². The zero-order chi connectivity index (χ0) is 23.3. The minimum Gasteiger partial charge on any atom is -0.497 e. The summed E-state index contributed by atoms with van der Waals surface area (Å²) in [6, 6.07) is 8.59. The fourth-order valence-electron chi connectivity index (χ4n) is 4.37. The second-order valence-corrected chi connectivity index (χ2v) is 7.97. The highest BCUT2D eigenvalue weighted by Crippen LogP contribution is 2.45. The molecular weight excluding hydrogens is 430 g/mol. The fourth-order valence-corrected chi connectivity index (χ4v) is 4.37. The van der Waals surface area contributed by atoms with Gasteiger partial charge in [0.05, 0.1) is 36.7 Å². The van der Waals surface area contributed by atoms with Crippen LogP contribution in [0.1, 0.15) is 17.6 Å². The summed E-state index contributed by atoms with van der Waals surface area (Å²) in [6.45, 7) is 2.58. The van der Waals surface area contributed by atoms with Crippen molar-refractivity contribution in [1.29, 1.82) is 0 Å². The molecule has 0 bridgehead atoms. The zero-order valence-corrected chi connectivity index (χ0v) is 18.4. The Balaban J connectivity index is 1.77. The van der Waals surface area contributed by atoms with Gasteiger partial charge in [-0.25, -0.2) is 8.78 Å². The van der Waals surface area contributed by atoms with Crippen LogP contribution in [-0.2, 0) is 7.05 Å². The van der Waals surface area contributed by atoms with E-state index in [0.717, 1.165) is 11.1 Å². The summed E-state index contributed by atoms with van der Waals surface area (Å²) in [6.07, 6.45) is 0.397. The van der Waals surface area contributed by atoms with Gasteiger partial charge in [-0.1, -0.05) is 0 Å². The number of nitrogens with one attached hydrogen (secondary N) is 1. The number of hydrogen-bond acceptors (Lipinski definition) is 5. The zero-order valence-electron chi connectivity index (χ0n) is 18.4. The summed E-state index contributed by atoms with van der Waals surface area (Å²) >= 11 is 0. The number of rotatable bonds is 4. The van der Waals surface area contributed by atoms with Crippen LogP contribution >= 0.6 is 0 Å². The number of aromatic amines is 1. The lowest BCUT2D eigenvalue weighted by atomic mass is 9.99. The van der Waals surface area contributed by atoms with Crippen LogP contribution in [-0.4, -0.2) is 35.0 Å². The summed E-state index contributed by atoms with van der Waals surface area (Å²) < 4.78 is 41.1. The Morgan fingerprint density at radius 2 is 2.00 bits per heavy atom. The van der Waals surface area contributed by atoms with Crippen molar-refractivity contribution in [2.75, 3.05) is 25.2 Å². The molecule has 2 aromatic heterocycles. The lowest BCUT2D eigenvalue weighted by Crippen LogP contribution is -2.29. The topological polar surface area (TPSA) is 72.4 Å². The number of methoxy groups -OCH3 is 1. The van der Waals surface area contributed by atoms with E-state index in [1.807, 2.05) is 17.0 Å². The number of nitrogens with zero attached hydrogens (tertiary/aromatic N) is 3. The molecule has 0 atom stereocenters. The molecule has 0 saturated heterocycles. The number of benzene rings is 2. The van der Waals surface area contributed by atoms with E-state index >= 15 is 0 Å². The number of alkyl halides is 2. The Bertz CT molecular complexity index is 1410. The molecule has 9 heteroatoms. The van der Waals surface area contributed by atoms with E-state index < -0.39 is 6.43 Å². The van der Waals surface area contributed by atoms with Gasteiger partial charge in [0.2, 0.25) is 0 Å². The molecule has 0 spiro atoms. The summed E-state index contributed by atoms with van der Waals surface area (Å²) in [5.41, 5.74) is 3.29. The highest BCUT2D eigenvalue weighted by atomic mass is 19.3. The third-order valence-electron chi connectivity index (χ3n) is 6.04. The first kappa shape index (κ1) is 21.0. The van der Waals surface area contributed by atoms with Crippen molar-refractivity contribution in [2.45, 2.75) is 13.3 Å². The van der Waals surface area contributed by atoms with E-state index in [9.17, 15) is 13.6 Å². The molecule has 0 fully saturated rings. The van der Waals surface area contributed by atoms with Crippen molar-refractivity contribution in [3.63, 3.8) is 0 Å². The Kier molecular flexibility index (Phi) is 5.03. The van der Waals surface area contributed by atoms with E-state index in [1.54, 1.807) is 44.0 Å². The van der Waals surface area contributed by atoms with Gasteiger partial charge < -0.3 is 18.9 Å². The van der Waals surface area contributed by atoms with Crippen molar-refractivity contribution >= 4 is 22.3 Å². The Morgan fingerprint density at radius 3 is 2.70 bits per heavy atom. The number of hydrogen-bond donors (Lipinski definition) is 1. The third kappa shape index (κ3) is 3.40. The normalized spacial score (nSPS) is 13.3. The van der Waals surface area contributed by atoms with Gasteiger partial charge in [-0.3, -0.25) is 9.89 Å². The first-order valence-electron chi connectivity index (χ1n) is 10.4. The van der Waals surface area contributed by atoms with Crippen molar-refractivity contribution in [1.82, 2.24) is 14.8 Å². The molecule has 2 aromatic carbocycles. The molecule has 1 aliphatic rings. The summed E-state index contributed by atoms with van der Waals surface area (Å²) in [7, 11) is 3.26. The molecule has 0 unspecified atom stereocenters. The lowest BCUT2D eigenvalue weighted by Gasteiger charge is -2.33. The molecule has 0 aliphatic carbocycles. The number of halogens is 2. The predicted molar refractivity (Wildman–Crippen MR) is 122 cm³/mol. The largest absolute Gasteiger partial charge is 0.497 e. The molecule has 0 amide bonds. The molecule has 0 radical (unpaired) electrons. The maximum Gasteiger partial charge on any atom is 0.264 e. The predicted octanol–water partition coefficient (Wildman–Crippen LogP) is 4.71. The lowest BCUT2D eigenvalue weighted by molar-refractivity contribution is 0.152. The highest BCUT2D eigenvalue weighted by Gasteiger charge is 2.27. The van der Waals surface area contributed by atoms with E-state index in [4.69, 9.17) is 9.47 Å². The van der Waals surface area contributed by atoms with Crippen molar-refractivity contribution < 1.29 is 18.3 Å². The summed E-state index contributed by atoms with van der Waals surface area (Å²) in [5.74, 6) is 1.06. The molecule has 4 aromatic rings. The number of ether oxygens (including phenoxy) is 2. The number of anilines is 2. The number of pyridine rings is 1. The van der Waals surface area contributed by atoms with Gasteiger partial charge in [0.15, 0.2) is 0 Å². The molecule has 1 N–H and O–H groups in total. The van der Waals surface area contributed by atoms with Gasteiger partial charge in [0.25, 0.3) is 12.0 Å². The van der Waals surface area contributed by atoms with Crippen LogP contribution in [0, 0.1) is 6.92 Å². The summed E-state index contributed by atoms with van der Waals surface area (Å²) in [5, 5.41) is 7.38. The molecule has 5 rings (SSSR count). The third-order valence-corrected chi connectivity index (χ3v) is 6.04. The smallest absolute Gasteiger partial charge is 0.264 e. The van der Waals surface area contributed by atoms with E-state index in [1.165, 1.54) is 12.3 Å². The van der Waals surface area contributed by atoms with Gasteiger partial charge in [-0.15, -0.1) is 0 Å². The van der Waals surface area contributed by atoms with Crippen LogP contribution in [0.15, 0.2) is 47.5 Å². The number of aryl methyl sites for hydroxylation is 2. The SMILES string of the molecule is COc1cc(N2CCOc3cc(-c4cn[nH]c4)c(C(F)F)cc32)c2cc(C)c(=O)n(C)c2c1. The fraction of sp³-hybridized carbons (Fsp3) is 0.250. The molecule has 1 aliphatic heterocycles. The van der Waals surface area contributed by atoms with Crippen LogP contribution in [0.25, 0.3) is 22.0 Å². The average molecular weight is 452 g/mol. The van der Waals surface area contributed by atoms with Crippen LogP contribution in [0.3, 0.4) is 0 Å². The van der Waals surface area contributed by atoms with Crippen LogP contribution in [0.4, 0.5) is 20.2 Å². The number of fused-ring (bicyclic) bond motifs is 2. The molecule has 0 saturated carbocycles. The van der Waals surface area contributed by atoms with Gasteiger partial charge in [-0.05, 0) is 30.7 Å². The standard InChI is InChI=1S/C24H22F2N4O3/c1-13-6-18-19(29(2)24(13)31)7-15(32-3)8-20(18)30-4-5-33-22-10-16(14-11-27-28-12-14)17(23(25)26)9-21(22)30/h6-12,23H,4-5H2,1-3H3,(H,27,28). The van der Waals surface area contributed by atoms with E-state index in [2.05, 4.69) is 10.2 Å². The average Bonchev–Trinajstić information content (AvgIpc) is 3.36. The Morgan fingerprint density at radius 1 is 1.18 bits per heavy atom. The van der Waals surface area contributed by atoms with Crippen LogP contribution in [0.2, 0.25) is 0 Å². The van der Waals surface area contributed by atoms with Gasteiger partial charge in [-0.2, -0.15) is 5.10 Å². The van der Waals surface area contributed by atoms with Crippen molar-refractivity contribution in [2.24, 2.45) is 7.05 Å². The Labute approximate surface area is 188 Å². The second-order valence-electron chi connectivity index (χ2n) is 7.97. The summed E-state index contributed by atoms with van der Waals surface area (Å²) in [4.78, 5) is 14.5. The first-order valence-corrected chi connectivity index (χ1v) is 10.4. The van der Waals surface area contributed by atoms with Gasteiger partial charge in [0, 0.05) is 47.5 Å². The van der Waals surface area contributed by atoms with Crippen LogP contribution < -0.4 is 19.9 Å². The van der Waals surface area contributed by atoms with Crippen LogP contribution in [0.5, 0.6) is 11.5 Å². The van der Waals surface area contributed by atoms with Crippen molar-refractivity contribution in [3.8, 4) is 22.6 Å². The van der Waals surface area contributed by atoms with E-state index in [0.29, 0.717) is 52.5 Å². The number of H-pyrrole nitrogens is 1. The molecule has 33 heavy (non-hydrogen) atoms. The molecule has 3 heterocycles. The number of aromatic nitrogens is 3. The molecule has 170 valence electrons. The quantitative estimate of drug-likeness (QED) is 0.485. The Hall–Kier alpha value is -3.88. The first-order chi connectivity index (χ1) is 15.9. The van der Waals surface area contributed by atoms with E-state index in [-0.39, 0.29) is 11.1 Å². The maximum atomic E-state index is 14.1. The van der Waals surface area contributed by atoms with Crippen molar-refractivity contribution in [3.05, 3.63) is 64.2 Å². The minimum absolute atomic E-state index is 0.103. The second kappa shape index (κ2) is 7.91. The highest BCUT2D eigenvalue weighted by molar-refractivity contribution is 5.97. The maximum absolute atomic E-state index is 14.1. The monoisotopic (exact) mass is 452 g/mol. The molecule has 7 nitrogen and oxygen atoms in total. The minimum atomic E-state index is -2.69.